The number of nitrogens with zero attached hydrogens (tertiary/aromatic N) is 1. The molecule has 0 amide bonds. The van der Waals surface area contributed by atoms with Gasteiger partial charge in [-0.3, -0.25) is 0 Å². The molecule has 0 atom stereocenters. The average molecular weight is 249 g/mol. The summed E-state index contributed by atoms with van der Waals surface area (Å²) in [6.07, 6.45) is 0. The molecule has 1 heterocycles. The third-order valence-electron chi connectivity index (χ3n) is 2.41. The van der Waals surface area contributed by atoms with Gasteiger partial charge in [-0.25, -0.2) is 4.98 Å². The summed E-state index contributed by atoms with van der Waals surface area (Å²) in [6, 6.07) is 7.73. The van der Waals surface area contributed by atoms with E-state index in [-0.39, 0.29) is 0 Å². The van der Waals surface area contributed by atoms with Gasteiger partial charge in [-0.2, -0.15) is 0 Å². The van der Waals surface area contributed by atoms with Gasteiger partial charge in [-0.15, -0.1) is 11.3 Å². The minimum atomic E-state index is -0.898. The Labute approximate surface area is 105 Å². The van der Waals surface area contributed by atoms with E-state index in [1.54, 1.807) is 21.0 Å². The van der Waals surface area contributed by atoms with Crippen molar-refractivity contribution in [3.8, 4) is 17.0 Å². The first kappa shape index (κ1) is 12.1. The normalized spacial score (nSPS) is 11.5. The molecule has 2 aromatic rings. The highest BCUT2D eigenvalue weighted by Gasteiger charge is 2.21. The highest BCUT2D eigenvalue weighted by Crippen LogP contribution is 2.33. The smallest absolute Gasteiger partial charge is 0.128 e. The van der Waals surface area contributed by atoms with Crippen molar-refractivity contribution < 1.29 is 9.84 Å². The Bertz CT molecular complexity index is 514. The second-order valence-corrected chi connectivity index (χ2v) is 5.16. The SMILES string of the molecule is COc1ccccc1-c1csc(C(C)(C)O)n1. The number of para-hydroxylation sites is 1. The summed E-state index contributed by atoms with van der Waals surface area (Å²) in [7, 11) is 1.64. The predicted molar refractivity (Wildman–Crippen MR) is 69.3 cm³/mol. The quantitative estimate of drug-likeness (QED) is 0.909. The predicted octanol–water partition coefficient (Wildman–Crippen LogP) is 3.05. The molecule has 0 saturated heterocycles. The minimum absolute atomic E-state index is 0.707. The molecule has 17 heavy (non-hydrogen) atoms. The number of methoxy groups -OCH3 is 1. The zero-order valence-corrected chi connectivity index (χ0v) is 10.9. The van der Waals surface area contributed by atoms with Crippen molar-refractivity contribution in [2.24, 2.45) is 0 Å². The van der Waals surface area contributed by atoms with Gasteiger partial charge in [0.15, 0.2) is 0 Å². The Morgan fingerprint density at radius 2 is 2.00 bits per heavy atom. The van der Waals surface area contributed by atoms with E-state index in [1.165, 1.54) is 11.3 Å². The largest absolute Gasteiger partial charge is 0.496 e. The molecule has 0 aliphatic carbocycles. The molecule has 0 saturated carbocycles. The van der Waals surface area contributed by atoms with Gasteiger partial charge in [0.2, 0.25) is 0 Å². The number of aromatic nitrogens is 1. The van der Waals surface area contributed by atoms with Crippen LogP contribution in [0.5, 0.6) is 5.75 Å². The van der Waals surface area contributed by atoms with Crippen molar-refractivity contribution in [2.45, 2.75) is 19.4 Å². The summed E-state index contributed by atoms with van der Waals surface area (Å²) >= 11 is 1.45. The van der Waals surface area contributed by atoms with Crippen LogP contribution in [0.3, 0.4) is 0 Å². The molecule has 1 aromatic carbocycles. The fourth-order valence-electron chi connectivity index (χ4n) is 1.53. The molecule has 0 unspecified atom stereocenters. The second kappa shape index (κ2) is 4.47. The van der Waals surface area contributed by atoms with E-state index in [2.05, 4.69) is 4.98 Å². The van der Waals surface area contributed by atoms with Crippen LogP contribution in [-0.4, -0.2) is 17.2 Å². The van der Waals surface area contributed by atoms with E-state index in [4.69, 9.17) is 4.74 Å². The molecule has 0 spiro atoms. The molecule has 4 heteroatoms. The van der Waals surface area contributed by atoms with Crippen molar-refractivity contribution >= 4 is 11.3 Å². The van der Waals surface area contributed by atoms with Gasteiger partial charge in [0, 0.05) is 10.9 Å². The van der Waals surface area contributed by atoms with Gasteiger partial charge in [0.25, 0.3) is 0 Å². The summed E-state index contributed by atoms with van der Waals surface area (Å²) in [5.74, 6) is 0.792. The van der Waals surface area contributed by atoms with E-state index >= 15 is 0 Å². The van der Waals surface area contributed by atoms with Crippen molar-refractivity contribution in [2.75, 3.05) is 7.11 Å². The lowest BCUT2D eigenvalue weighted by molar-refractivity contribution is 0.0783. The van der Waals surface area contributed by atoms with Gasteiger partial charge >= 0.3 is 0 Å². The number of hydrogen-bond acceptors (Lipinski definition) is 4. The Morgan fingerprint density at radius 3 is 2.59 bits per heavy atom. The highest BCUT2D eigenvalue weighted by atomic mass is 32.1. The average Bonchev–Trinajstić information content (AvgIpc) is 2.77. The Hall–Kier alpha value is -1.39. The maximum absolute atomic E-state index is 9.89. The van der Waals surface area contributed by atoms with Crippen LogP contribution >= 0.6 is 11.3 Å². The van der Waals surface area contributed by atoms with Crippen molar-refractivity contribution in [1.29, 1.82) is 0 Å². The summed E-state index contributed by atoms with van der Waals surface area (Å²) in [5.41, 5.74) is 0.886. The summed E-state index contributed by atoms with van der Waals surface area (Å²) in [4.78, 5) is 4.45. The topological polar surface area (TPSA) is 42.4 Å². The lowest BCUT2D eigenvalue weighted by Gasteiger charge is -2.12. The molecule has 0 bridgehead atoms. The number of ether oxygens (including phenoxy) is 1. The van der Waals surface area contributed by atoms with Crippen LogP contribution in [-0.2, 0) is 5.60 Å². The lowest BCUT2D eigenvalue weighted by Crippen LogP contribution is -2.14. The van der Waals surface area contributed by atoms with Crippen molar-refractivity contribution in [3.63, 3.8) is 0 Å². The first-order chi connectivity index (χ1) is 8.02. The van der Waals surface area contributed by atoms with Crippen LogP contribution in [0.25, 0.3) is 11.3 Å². The van der Waals surface area contributed by atoms with Gasteiger partial charge in [0.05, 0.1) is 12.8 Å². The first-order valence-corrected chi connectivity index (χ1v) is 6.22. The minimum Gasteiger partial charge on any atom is -0.496 e. The second-order valence-electron chi connectivity index (χ2n) is 4.30. The van der Waals surface area contributed by atoms with Crippen LogP contribution in [0.4, 0.5) is 0 Å². The zero-order valence-electron chi connectivity index (χ0n) is 10.1. The molecule has 3 nitrogen and oxygen atoms in total. The molecular weight excluding hydrogens is 234 g/mol. The fraction of sp³-hybridized carbons (Fsp3) is 0.308. The van der Waals surface area contributed by atoms with E-state index in [0.717, 1.165) is 17.0 Å². The first-order valence-electron chi connectivity index (χ1n) is 5.34. The lowest BCUT2D eigenvalue weighted by atomic mass is 10.1. The molecule has 0 aliphatic rings. The maximum atomic E-state index is 9.89. The van der Waals surface area contributed by atoms with Crippen LogP contribution in [0.2, 0.25) is 0 Å². The van der Waals surface area contributed by atoms with Crippen molar-refractivity contribution in [3.05, 3.63) is 34.7 Å². The molecule has 90 valence electrons. The number of rotatable bonds is 3. The molecule has 2 rings (SSSR count). The number of aliphatic hydroxyl groups is 1. The van der Waals surface area contributed by atoms with Gasteiger partial charge in [0.1, 0.15) is 16.4 Å². The van der Waals surface area contributed by atoms with Crippen LogP contribution < -0.4 is 4.74 Å². The molecule has 1 N–H and O–H groups in total. The standard InChI is InChI=1S/C13H15NO2S/c1-13(2,15)12-14-10(8-17-12)9-6-4-5-7-11(9)16-3/h4-8,15H,1-3H3. The monoisotopic (exact) mass is 249 g/mol. The van der Waals surface area contributed by atoms with Gasteiger partial charge < -0.3 is 9.84 Å². The maximum Gasteiger partial charge on any atom is 0.128 e. The molecule has 1 aromatic heterocycles. The molecular formula is C13H15NO2S. The van der Waals surface area contributed by atoms with E-state index < -0.39 is 5.60 Å². The molecule has 0 radical (unpaired) electrons. The molecule has 0 fully saturated rings. The number of hydrogen-bond donors (Lipinski definition) is 1. The Kier molecular flexibility index (Phi) is 3.17. The highest BCUT2D eigenvalue weighted by molar-refractivity contribution is 7.10. The fourth-order valence-corrected chi connectivity index (χ4v) is 2.38. The number of benzene rings is 1. The molecule has 0 aliphatic heterocycles. The third kappa shape index (κ3) is 2.48. The van der Waals surface area contributed by atoms with E-state index in [1.807, 2.05) is 29.6 Å². The summed E-state index contributed by atoms with van der Waals surface area (Å²) < 4.78 is 5.30. The van der Waals surface area contributed by atoms with Crippen LogP contribution in [0.15, 0.2) is 29.6 Å². The summed E-state index contributed by atoms with van der Waals surface area (Å²) in [5, 5.41) is 12.5. The van der Waals surface area contributed by atoms with E-state index in [0.29, 0.717) is 5.01 Å². The summed E-state index contributed by atoms with van der Waals surface area (Å²) in [6.45, 7) is 3.47. The number of thiazole rings is 1. The van der Waals surface area contributed by atoms with Crippen LogP contribution in [0, 0.1) is 0 Å². The zero-order chi connectivity index (χ0) is 12.5. The van der Waals surface area contributed by atoms with Gasteiger partial charge in [-0.05, 0) is 26.0 Å². The Balaban J connectivity index is 2.44. The van der Waals surface area contributed by atoms with Crippen LogP contribution in [0.1, 0.15) is 18.9 Å². The van der Waals surface area contributed by atoms with E-state index in [9.17, 15) is 5.11 Å². The van der Waals surface area contributed by atoms with Gasteiger partial charge in [-0.1, -0.05) is 12.1 Å². The Morgan fingerprint density at radius 1 is 1.29 bits per heavy atom. The van der Waals surface area contributed by atoms with Crippen molar-refractivity contribution in [1.82, 2.24) is 4.98 Å². The third-order valence-corrected chi connectivity index (χ3v) is 3.57.